The van der Waals surface area contributed by atoms with Crippen LogP contribution in [0.5, 0.6) is 0 Å². The highest BCUT2D eigenvalue weighted by molar-refractivity contribution is 9.11. The van der Waals surface area contributed by atoms with Crippen LogP contribution in [0.25, 0.3) is 11.1 Å². The first kappa shape index (κ1) is 13.4. The molecule has 3 rings (SSSR count). The van der Waals surface area contributed by atoms with E-state index in [1.165, 1.54) is 24.7 Å². The molecule has 1 aliphatic rings. The van der Waals surface area contributed by atoms with E-state index in [0.29, 0.717) is 5.92 Å². The summed E-state index contributed by atoms with van der Waals surface area (Å²) >= 11 is 7.00. The molecular weight excluding hydrogens is 335 g/mol. The zero-order valence-electron chi connectivity index (χ0n) is 10.5. The lowest BCUT2D eigenvalue weighted by atomic mass is 9.87. The maximum atomic E-state index is 5.82. The molecule has 4 heteroatoms. The van der Waals surface area contributed by atoms with Gasteiger partial charge in [-0.2, -0.15) is 11.3 Å². The van der Waals surface area contributed by atoms with Crippen molar-refractivity contribution in [2.24, 2.45) is 5.92 Å². The molecule has 2 aromatic heterocycles. The van der Waals surface area contributed by atoms with Crippen molar-refractivity contribution in [2.45, 2.75) is 13.3 Å². The van der Waals surface area contributed by atoms with E-state index in [1.54, 1.807) is 22.7 Å². The lowest BCUT2D eigenvalue weighted by Crippen LogP contribution is -2.03. The van der Waals surface area contributed by atoms with Gasteiger partial charge in [0.25, 0.3) is 0 Å². The summed E-state index contributed by atoms with van der Waals surface area (Å²) in [5.41, 5.74) is 2.83. The molecule has 0 spiro atoms. The third-order valence-corrected chi connectivity index (χ3v) is 5.98. The molecule has 0 nitrogen and oxygen atoms in total. The predicted molar refractivity (Wildman–Crippen MR) is 91.5 cm³/mol. The number of allylic oxidation sites excluding steroid dienone is 4. The van der Waals surface area contributed by atoms with Crippen LogP contribution < -0.4 is 4.78 Å². The molecule has 19 heavy (non-hydrogen) atoms. The fourth-order valence-electron chi connectivity index (χ4n) is 2.37. The largest absolute Gasteiger partial charge is 0.152 e. The molecular formula is C15H12BBrS2. The van der Waals surface area contributed by atoms with Crippen LogP contribution in [0.15, 0.2) is 40.2 Å². The van der Waals surface area contributed by atoms with E-state index in [9.17, 15) is 0 Å². The second-order valence-electron chi connectivity index (χ2n) is 4.72. The van der Waals surface area contributed by atoms with Crippen molar-refractivity contribution in [1.29, 1.82) is 0 Å². The Kier molecular flexibility index (Phi) is 3.83. The molecule has 1 aliphatic carbocycles. The molecule has 94 valence electrons. The smallest absolute Gasteiger partial charge is 0.128 e. The maximum Gasteiger partial charge on any atom is 0.128 e. The Morgan fingerprint density at radius 2 is 1.89 bits per heavy atom. The van der Waals surface area contributed by atoms with Crippen LogP contribution in [0.4, 0.5) is 0 Å². The Morgan fingerprint density at radius 3 is 2.47 bits per heavy atom. The topological polar surface area (TPSA) is 0 Å². The van der Waals surface area contributed by atoms with E-state index >= 15 is 0 Å². The van der Waals surface area contributed by atoms with Gasteiger partial charge in [0, 0.05) is 9.75 Å². The van der Waals surface area contributed by atoms with Crippen molar-refractivity contribution < 1.29 is 0 Å². The van der Waals surface area contributed by atoms with Crippen LogP contribution in [-0.2, 0) is 0 Å². The van der Waals surface area contributed by atoms with Gasteiger partial charge in [-0.1, -0.05) is 25.1 Å². The van der Waals surface area contributed by atoms with Crippen LogP contribution in [0.3, 0.4) is 0 Å². The minimum Gasteiger partial charge on any atom is -0.152 e. The summed E-state index contributed by atoms with van der Waals surface area (Å²) in [6.45, 7) is 2.29. The molecule has 0 amide bonds. The van der Waals surface area contributed by atoms with Gasteiger partial charge in [0.1, 0.15) is 7.85 Å². The third kappa shape index (κ3) is 2.81. The molecule has 0 N–H and O–H groups in total. The quantitative estimate of drug-likeness (QED) is 0.680. The van der Waals surface area contributed by atoms with E-state index < -0.39 is 0 Å². The average molecular weight is 347 g/mol. The highest BCUT2D eigenvalue weighted by atomic mass is 79.9. The van der Waals surface area contributed by atoms with Crippen LogP contribution in [-0.4, -0.2) is 7.85 Å². The van der Waals surface area contributed by atoms with E-state index in [0.717, 1.165) is 11.2 Å². The molecule has 2 heterocycles. The Hall–Kier alpha value is -0.575. The predicted octanol–water partition coefficient (Wildman–Crippen LogP) is 4.87. The van der Waals surface area contributed by atoms with Gasteiger partial charge < -0.3 is 0 Å². The van der Waals surface area contributed by atoms with Crippen LogP contribution >= 0.6 is 38.6 Å². The van der Waals surface area contributed by atoms with Crippen molar-refractivity contribution in [3.63, 3.8) is 0 Å². The van der Waals surface area contributed by atoms with Crippen molar-refractivity contribution in [1.82, 2.24) is 0 Å². The second kappa shape index (κ2) is 5.43. The molecule has 1 atom stereocenters. The van der Waals surface area contributed by atoms with Gasteiger partial charge in [-0.05, 0) is 62.4 Å². The second-order valence-corrected chi connectivity index (χ2v) is 8.30. The molecule has 0 bridgehead atoms. The average Bonchev–Trinajstić information content (AvgIpc) is 2.98. The van der Waals surface area contributed by atoms with E-state index in [4.69, 9.17) is 7.85 Å². The van der Waals surface area contributed by atoms with E-state index in [2.05, 4.69) is 53.2 Å². The first-order valence-corrected chi connectivity index (χ1v) is 8.58. The molecule has 2 radical (unpaired) electrons. The number of hydrogen-bond acceptors (Lipinski definition) is 2. The summed E-state index contributed by atoms with van der Waals surface area (Å²) in [7, 11) is 5.82. The standard InChI is InChI=1S/C15H12BBrS2/c1-9-8-10(12-5-7-15(17)19-12)2-3-11(9)13-4-6-14(16)18-13/h2-7,9H,8H2,1H3. The first-order chi connectivity index (χ1) is 9.13. The summed E-state index contributed by atoms with van der Waals surface area (Å²) in [6, 6.07) is 8.42. The SMILES string of the molecule is [B]c1ccc(C2=CC=C(c3ccc(Br)s3)CC2C)s1. The third-order valence-electron chi connectivity index (χ3n) is 3.32. The monoisotopic (exact) mass is 346 g/mol. The molecule has 1 unspecified atom stereocenters. The molecule has 0 fully saturated rings. The van der Waals surface area contributed by atoms with Crippen molar-refractivity contribution in [2.75, 3.05) is 0 Å². The fourth-order valence-corrected chi connectivity index (χ4v) is 4.70. The van der Waals surface area contributed by atoms with Gasteiger partial charge in [-0.15, -0.1) is 11.3 Å². The summed E-state index contributed by atoms with van der Waals surface area (Å²) in [5, 5.41) is 0. The minimum absolute atomic E-state index is 0.541. The summed E-state index contributed by atoms with van der Waals surface area (Å²) in [6.07, 6.45) is 5.60. The zero-order chi connectivity index (χ0) is 13.4. The van der Waals surface area contributed by atoms with Gasteiger partial charge in [-0.3, -0.25) is 0 Å². The molecule has 0 aliphatic heterocycles. The van der Waals surface area contributed by atoms with Gasteiger partial charge in [0.05, 0.1) is 3.79 Å². The van der Waals surface area contributed by atoms with Crippen molar-refractivity contribution in [3.05, 3.63) is 50.0 Å². The lowest BCUT2D eigenvalue weighted by molar-refractivity contribution is 0.774. The number of thiophene rings is 2. The first-order valence-electron chi connectivity index (χ1n) is 6.15. The van der Waals surface area contributed by atoms with Crippen molar-refractivity contribution in [3.8, 4) is 0 Å². The van der Waals surface area contributed by atoms with Crippen LogP contribution in [0.2, 0.25) is 0 Å². The Labute approximate surface area is 131 Å². The Bertz CT molecular complexity index is 663. The van der Waals surface area contributed by atoms with Crippen LogP contribution in [0, 0.1) is 5.92 Å². The number of halogens is 1. The molecule has 0 saturated heterocycles. The Morgan fingerprint density at radius 1 is 1.11 bits per heavy atom. The number of rotatable bonds is 2. The zero-order valence-corrected chi connectivity index (χ0v) is 13.7. The highest BCUT2D eigenvalue weighted by Crippen LogP contribution is 2.39. The Balaban J connectivity index is 1.93. The van der Waals surface area contributed by atoms with Gasteiger partial charge in [0.2, 0.25) is 0 Å². The number of hydrogen-bond donors (Lipinski definition) is 0. The minimum atomic E-state index is 0.541. The van der Waals surface area contributed by atoms with Crippen LogP contribution in [0.1, 0.15) is 23.1 Å². The van der Waals surface area contributed by atoms with Gasteiger partial charge in [0.15, 0.2) is 0 Å². The highest BCUT2D eigenvalue weighted by Gasteiger charge is 2.19. The van der Waals surface area contributed by atoms with Gasteiger partial charge in [-0.25, -0.2) is 0 Å². The van der Waals surface area contributed by atoms with E-state index in [1.807, 2.05) is 6.07 Å². The molecule has 2 aromatic rings. The van der Waals surface area contributed by atoms with Crippen molar-refractivity contribution >= 4 is 62.4 Å². The molecule has 0 saturated carbocycles. The summed E-state index contributed by atoms with van der Waals surface area (Å²) in [4.78, 5) is 2.66. The summed E-state index contributed by atoms with van der Waals surface area (Å²) in [5.74, 6) is 0.541. The normalized spacial score (nSPS) is 19.2. The van der Waals surface area contributed by atoms with Gasteiger partial charge >= 0.3 is 0 Å². The van der Waals surface area contributed by atoms with E-state index in [-0.39, 0.29) is 0 Å². The molecule has 0 aromatic carbocycles. The maximum absolute atomic E-state index is 5.82. The summed E-state index contributed by atoms with van der Waals surface area (Å²) < 4.78 is 2.08. The lowest BCUT2D eigenvalue weighted by Gasteiger charge is -2.20. The fraction of sp³-hybridized carbons (Fsp3) is 0.200.